The molecular formula is C16H23N5O2. The molecule has 3 heterocycles. The molecule has 1 unspecified atom stereocenters. The van der Waals surface area contributed by atoms with Crippen molar-refractivity contribution in [2.24, 2.45) is 0 Å². The summed E-state index contributed by atoms with van der Waals surface area (Å²) in [5.41, 5.74) is 1.88. The van der Waals surface area contributed by atoms with Crippen molar-refractivity contribution < 1.29 is 9.90 Å². The molecule has 1 aliphatic heterocycles. The smallest absolute Gasteiger partial charge is 0.270 e. The van der Waals surface area contributed by atoms with Crippen LogP contribution in [0.15, 0.2) is 12.3 Å². The third-order valence-corrected chi connectivity index (χ3v) is 4.41. The summed E-state index contributed by atoms with van der Waals surface area (Å²) in [7, 11) is 0. The van der Waals surface area contributed by atoms with E-state index in [2.05, 4.69) is 15.3 Å². The van der Waals surface area contributed by atoms with E-state index in [1.165, 1.54) is 0 Å². The molecule has 124 valence electrons. The number of aliphatic hydroxyl groups is 1. The van der Waals surface area contributed by atoms with E-state index in [9.17, 15) is 9.90 Å². The highest BCUT2D eigenvalue weighted by Crippen LogP contribution is 2.31. The van der Waals surface area contributed by atoms with E-state index in [4.69, 9.17) is 0 Å². The summed E-state index contributed by atoms with van der Waals surface area (Å²) in [4.78, 5) is 17.4. The van der Waals surface area contributed by atoms with Crippen LogP contribution in [0.1, 0.15) is 53.7 Å². The Morgan fingerprint density at radius 3 is 2.74 bits per heavy atom. The summed E-state index contributed by atoms with van der Waals surface area (Å²) < 4.78 is 1.72. The number of aryl methyl sites for hydroxylation is 2. The predicted molar refractivity (Wildman–Crippen MR) is 85.1 cm³/mol. The number of hydrogen-bond acceptors (Lipinski definition) is 4. The Kier molecular flexibility index (Phi) is 3.75. The number of likely N-dealkylation sites (tertiary alicyclic amines) is 1. The number of H-pyrrole nitrogens is 1. The van der Waals surface area contributed by atoms with E-state index >= 15 is 0 Å². The normalized spacial score (nSPS) is 21.4. The van der Waals surface area contributed by atoms with Crippen LogP contribution in [0.4, 0.5) is 0 Å². The fourth-order valence-electron chi connectivity index (χ4n) is 3.03. The lowest BCUT2D eigenvalue weighted by Gasteiger charge is -2.21. The van der Waals surface area contributed by atoms with Crippen molar-refractivity contribution in [1.29, 1.82) is 0 Å². The molecule has 3 rings (SSSR count). The van der Waals surface area contributed by atoms with Gasteiger partial charge in [-0.05, 0) is 39.3 Å². The number of carbonyl (C=O) groups is 1. The van der Waals surface area contributed by atoms with Gasteiger partial charge >= 0.3 is 0 Å². The van der Waals surface area contributed by atoms with Crippen molar-refractivity contribution >= 4 is 5.91 Å². The molecule has 7 nitrogen and oxygen atoms in total. The van der Waals surface area contributed by atoms with Gasteiger partial charge in [0.1, 0.15) is 17.0 Å². The Hall–Kier alpha value is -2.15. The fraction of sp³-hybridized carbons (Fsp3) is 0.562. The lowest BCUT2D eigenvalue weighted by atomic mass is 10.00. The minimum absolute atomic E-state index is 0.0808. The lowest BCUT2D eigenvalue weighted by Crippen LogP contribution is -2.35. The predicted octanol–water partition coefficient (Wildman–Crippen LogP) is 1.54. The van der Waals surface area contributed by atoms with E-state index in [1.807, 2.05) is 33.8 Å². The van der Waals surface area contributed by atoms with Crippen molar-refractivity contribution in [2.45, 2.75) is 45.8 Å². The molecule has 0 spiro atoms. The minimum atomic E-state index is -1.13. The molecule has 2 N–H and O–H groups in total. The number of nitrogens with one attached hydrogen (secondary N) is 1. The standard InChI is InChI=1S/C16H23N5O2/c1-10(2)21-8-13(18-19-21)16(23)5-6-20(9-16)15(22)14-11(3)7-12(4)17-14/h7-8,10,17,23H,5-6,9H2,1-4H3. The molecule has 1 atom stereocenters. The molecule has 1 fully saturated rings. The second-order valence-corrected chi connectivity index (χ2v) is 6.70. The first-order valence-corrected chi connectivity index (χ1v) is 7.90. The van der Waals surface area contributed by atoms with Gasteiger partial charge in [0.25, 0.3) is 5.91 Å². The third kappa shape index (κ3) is 2.76. The SMILES string of the molecule is Cc1cc(C)c(C(=O)N2CCC(O)(c3cn(C(C)C)nn3)C2)[nH]1. The van der Waals surface area contributed by atoms with Gasteiger partial charge < -0.3 is 15.0 Å². The Morgan fingerprint density at radius 1 is 1.43 bits per heavy atom. The number of aromatic nitrogens is 4. The second-order valence-electron chi connectivity index (χ2n) is 6.70. The number of amides is 1. The summed E-state index contributed by atoms with van der Waals surface area (Å²) in [6.07, 6.45) is 2.23. The van der Waals surface area contributed by atoms with E-state index in [0.29, 0.717) is 24.4 Å². The highest BCUT2D eigenvalue weighted by Gasteiger charge is 2.42. The molecule has 7 heteroatoms. The molecule has 1 aliphatic rings. The van der Waals surface area contributed by atoms with E-state index in [-0.39, 0.29) is 18.5 Å². The van der Waals surface area contributed by atoms with Gasteiger partial charge in [-0.3, -0.25) is 4.79 Å². The first-order valence-electron chi connectivity index (χ1n) is 7.90. The Balaban J connectivity index is 1.79. The number of carbonyl (C=O) groups excluding carboxylic acids is 1. The van der Waals surface area contributed by atoms with Crippen LogP contribution in [-0.4, -0.2) is 49.0 Å². The number of β-amino-alcohol motifs (C(OH)–C–C–N with tert-alkyl or cyclic N) is 1. The van der Waals surface area contributed by atoms with Gasteiger partial charge in [-0.2, -0.15) is 0 Å². The molecule has 0 aromatic carbocycles. The van der Waals surface area contributed by atoms with Crippen LogP contribution in [0.25, 0.3) is 0 Å². The number of rotatable bonds is 3. The first-order chi connectivity index (χ1) is 10.8. The Morgan fingerprint density at radius 2 is 2.17 bits per heavy atom. The maximum Gasteiger partial charge on any atom is 0.270 e. The Bertz CT molecular complexity index is 733. The number of nitrogens with zero attached hydrogens (tertiary/aromatic N) is 4. The van der Waals surface area contributed by atoms with Crippen LogP contribution >= 0.6 is 0 Å². The van der Waals surface area contributed by atoms with E-state index in [0.717, 1.165) is 11.3 Å². The highest BCUT2D eigenvalue weighted by molar-refractivity contribution is 5.94. The summed E-state index contributed by atoms with van der Waals surface area (Å²) >= 11 is 0. The summed E-state index contributed by atoms with van der Waals surface area (Å²) in [6, 6.07) is 2.13. The molecule has 1 saturated heterocycles. The molecular weight excluding hydrogens is 294 g/mol. The molecule has 0 radical (unpaired) electrons. The van der Waals surface area contributed by atoms with Crippen LogP contribution < -0.4 is 0 Å². The fourth-order valence-corrected chi connectivity index (χ4v) is 3.03. The van der Waals surface area contributed by atoms with Crippen LogP contribution in [-0.2, 0) is 5.60 Å². The third-order valence-electron chi connectivity index (χ3n) is 4.41. The summed E-state index contributed by atoms with van der Waals surface area (Å²) in [6.45, 7) is 8.58. The maximum absolute atomic E-state index is 12.7. The van der Waals surface area contributed by atoms with Gasteiger partial charge in [0.2, 0.25) is 0 Å². The van der Waals surface area contributed by atoms with Gasteiger partial charge in [-0.1, -0.05) is 5.21 Å². The summed E-state index contributed by atoms with van der Waals surface area (Å²) in [5.74, 6) is -0.0808. The Labute approximate surface area is 135 Å². The number of aromatic amines is 1. The summed E-state index contributed by atoms with van der Waals surface area (Å²) in [5, 5.41) is 19.0. The lowest BCUT2D eigenvalue weighted by molar-refractivity contribution is 0.0380. The number of hydrogen-bond donors (Lipinski definition) is 2. The van der Waals surface area contributed by atoms with Crippen LogP contribution in [0.2, 0.25) is 0 Å². The van der Waals surface area contributed by atoms with E-state index < -0.39 is 5.60 Å². The van der Waals surface area contributed by atoms with Gasteiger partial charge in [0.15, 0.2) is 0 Å². The zero-order valence-corrected chi connectivity index (χ0v) is 14.0. The van der Waals surface area contributed by atoms with Crippen molar-refractivity contribution in [3.63, 3.8) is 0 Å². The molecule has 2 aromatic rings. The van der Waals surface area contributed by atoms with Gasteiger partial charge in [0, 0.05) is 24.7 Å². The van der Waals surface area contributed by atoms with Crippen molar-refractivity contribution in [2.75, 3.05) is 13.1 Å². The van der Waals surface area contributed by atoms with Crippen LogP contribution in [0.3, 0.4) is 0 Å². The zero-order valence-electron chi connectivity index (χ0n) is 14.0. The molecule has 0 aliphatic carbocycles. The second kappa shape index (κ2) is 5.49. The minimum Gasteiger partial charge on any atom is -0.381 e. The maximum atomic E-state index is 12.7. The quantitative estimate of drug-likeness (QED) is 0.899. The van der Waals surface area contributed by atoms with Crippen molar-refractivity contribution in [3.05, 3.63) is 34.9 Å². The molecule has 1 amide bonds. The first kappa shape index (κ1) is 15.7. The molecule has 2 aromatic heterocycles. The largest absolute Gasteiger partial charge is 0.381 e. The average Bonchev–Trinajstić information content (AvgIpc) is 3.17. The molecule has 23 heavy (non-hydrogen) atoms. The van der Waals surface area contributed by atoms with Crippen LogP contribution in [0, 0.1) is 13.8 Å². The average molecular weight is 317 g/mol. The highest BCUT2D eigenvalue weighted by atomic mass is 16.3. The monoisotopic (exact) mass is 317 g/mol. The van der Waals surface area contributed by atoms with Crippen molar-refractivity contribution in [3.8, 4) is 0 Å². The van der Waals surface area contributed by atoms with Crippen LogP contribution in [0.5, 0.6) is 0 Å². The zero-order chi connectivity index (χ0) is 16.8. The van der Waals surface area contributed by atoms with Gasteiger partial charge in [-0.25, -0.2) is 4.68 Å². The van der Waals surface area contributed by atoms with Gasteiger partial charge in [0.05, 0.1) is 12.7 Å². The topological polar surface area (TPSA) is 87.0 Å². The molecule has 0 saturated carbocycles. The molecule has 0 bridgehead atoms. The van der Waals surface area contributed by atoms with Crippen molar-refractivity contribution in [1.82, 2.24) is 24.9 Å². The van der Waals surface area contributed by atoms with E-state index in [1.54, 1.807) is 15.8 Å². The van der Waals surface area contributed by atoms with Gasteiger partial charge in [-0.15, -0.1) is 5.10 Å².